The van der Waals surface area contributed by atoms with Gasteiger partial charge in [0.05, 0.1) is 19.8 Å². The second kappa shape index (κ2) is 11.7. The average molecular weight is 490 g/mol. The van der Waals surface area contributed by atoms with Gasteiger partial charge in [0.1, 0.15) is 12.4 Å². The number of aryl methyl sites for hydroxylation is 2. The van der Waals surface area contributed by atoms with Crippen molar-refractivity contribution in [2.45, 2.75) is 33.2 Å². The van der Waals surface area contributed by atoms with Crippen LogP contribution in [0.4, 0.5) is 0 Å². The molecule has 1 aliphatic heterocycles. The molecule has 1 aromatic rings. The number of para-hydroxylation sites is 1. The minimum absolute atomic E-state index is 0. The molecule has 0 amide bonds. The van der Waals surface area contributed by atoms with Gasteiger partial charge in [-0.3, -0.25) is 9.89 Å². The van der Waals surface area contributed by atoms with E-state index in [1.54, 1.807) is 7.05 Å². The summed E-state index contributed by atoms with van der Waals surface area (Å²) in [7, 11) is 1.80. The highest BCUT2D eigenvalue weighted by Crippen LogP contribution is 2.21. The molecule has 27 heavy (non-hydrogen) atoms. The Hall–Kier alpha value is -1.06. The van der Waals surface area contributed by atoms with Gasteiger partial charge < -0.3 is 20.1 Å². The van der Waals surface area contributed by atoms with Crippen LogP contribution in [-0.2, 0) is 4.74 Å². The molecule has 2 rings (SSSR count). The molecule has 0 spiro atoms. The Bertz CT molecular complexity index is 581. The van der Waals surface area contributed by atoms with E-state index >= 15 is 0 Å². The van der Waals surface area contributed by atoms with Crippen LogP contribution in [-0.4, -0.2) is 69.4 Å². The third kappa shape index (κ3) is 7.46. The molecule has 0 unspecified atom stereocenters. The Morgan fingerprint density at radius 1 is 1.19 bits per heavy atom. The Morgan fingerprint density at radius 2 is 1.81 bits per heavy atom. The molecule has 1 fully saturated rings. The first-order valence-electron chi connectivity index (χ1n) is 9.40. The Morgan fingerprint density at radius 3 is 2.41 bits per heavy atom. The van der Waals surface area contributed by atoms with Crippen LogP contribution in [0.15, 0.2) is 23.2 Å². The fourth-order valence-electron chi connectivity index (χ4n) is 3.15. The van der Waals surface area contributed by atoms with Gasteiger partial charge in [0.15, 0.2) is 5.96 Å². The molecule has 0 aromatic heterocycles. The number of ether oxygens (including phenoxy) is 2. The summed E-state index contributed by atoms with van der Waals surface area (Å²) in [6, 6.07) is 6.20. The molecule has 1 aliphatic rings. The maximum absolute atomic E-state index is 5.94. The second-order valence-electron chi connectivity index (χ2n) is 7.33. The van der Waals surface area contributed by atoms with E-state index in [2.05, 4.69) is 66.4 Å². The van der Waals surface area contributed by atoms with E-state index in [1.807, 2.05) is 0 Å². The quantitative estimate of drug-likeness (QED) is 0.267. The van der Waals surface area contributed by atoms with E-state index in [4.69, 9.17) is 9.47 Å². The molecule has 1 saturated heterocycles. The first-order chi connectivity index (χ1) is 12.4. The lowest BCUT2D eigenvalue weighted by molar-refractivity contribution is -0.00834. The number of guanidine groups is 1. The van der Waals surface area contributed by atoms with Crippen molar-refractivity contribution in [1.29, 1.82) is 0 Å². The van der Waals surface area contributed by atoms with Crippen molar-refractivity contribution >= 4 is 29.9 Å². The van der Waals surface area contributed by atoms with E-state index in [9.17, 15) is 0 Å². The molecule has 2 N–H and O–H groups in total. The van der Waals surface area contributed by atoms with E-state index in [0.717, 1.165) is 44.6 Å². The van der Waals surface area contributed by atoms with Crippen LogP contribution >= 0.6 is 24.0 Å². The highest BCUT2D eigenvalue weighted by Gasteiger charge is 2.28. The number of hydrogen-bond donors (Lipinski definition) is 2. The molecular formula is C20H35IN4O2. The van der Waals surface area contributed by atoms with E-state index in [-0.39, 0.29) is 29.5 Å². The first kappa shape index (κ1) is 24.0. The summed E-state index contributed by atoms with van der Waals surface area (Å²) in [6.07, 6.45) is 0. The van der Waals surface area contributed by atoms with Gasteiger partial charge in [-0.2, -0.15) is 0 Å². The lowest BCUT2D eigenvalue weighted by Crippen LogP contribution is -2.56. The van der Waals surface area contributed by atoms with Gasteiger partial charge in [0.25, 0.3) is 0 Å². The first-order valence-corrected chi connectivity index (χ1v) is 9.40. The van der Waals surface area contributed by atoms with Crippen LogP contribution in [0.5, 0.6) is 5.75 Å². The SMILES string of the molecule is CN=C(NCCOc1c(C)cccc1C)NCC(C)(C)N1CCOCC1.I. The van der Waals surface area contributed by atoms with Crippen LogP contribution in [0.25, 0.3) is 0 Å². The molecule has 0 bridgehead atoms. The fourth-order valence-corrected chi connectivity index (χ4v) is 3.15. The van der Waals surface area contributed by atoms with Gasteiger partial charge >= 0.3 is 0 Å². The number of aliphatic imine (C=N–C) groups is 1. The van der Waals surface area contributed by atoms with E-state index < -0.39 is 0 Å². The van der Waals surface area contributed by atoms with Crippen molar-refractivity contribution in [1.82, 2.24) is 15.5 Å². The monoisotopic (exact) mass is 490 g/mol. The standard InChI is InChI=1S/C20H34N4O2.HI/c1-16-7-6-8-17(2)18(16)26-12-9-22-19(21-5)23-15-20(3,4)24-10-13-25-14-11-24;/h6-8H,9-15H2,1-5H3,(H2,21,22,23);1H. The number of halogens is 1. The van der Waals surface area contributed by atoms with Crippen molar-refractivity contribution in [3.05, 3.63) is 29.3 Å². The predicted octanol–water partition coefficient (Wildman–Crippen LogP) is 2.58. The van der Waals surface area contributed by atoms with Gasteiger partial charge in [-0.05, 0) is 38.8 Å². The smallest absolute Gasteiger partial charge is 0.191 e. The summed E-state index contributed by atoms with van der Waals surface area (Å²) < 4.78 is 11.4. The van der Waals surface area contributed by atoms with Crippen molar-refractivity contribution in [3.63, 3.8) is 0 Å². The van der Waals surface area contributed by atoms with Gasteiger partial charge in [-0.15, -0.1) is 24.0 Å². The molecule has 7 heteroatoms. The van der Waals surface area contributed by atoms with Crippen LogP contribution in [0.1, 0.15) is 25.0 Å². The minimum atomic E-state index is 0. The Kier molecular flexibility index (Phi) is 10.4. The normalized spacial score (nSPS) is 15.8. The van der Waals surface area contributed by atoms with Crippen molar-refractivity contribution in [3.8, 4) is 5.75 Å². The maximum Gasteiger partial charge on any atom is 0.191 e. The molecule has 0 radical (unpaired) electrons. The summed E-state index contributed by atoms with van der Waals surface area (Å²) in [5, 5.41) is 6.75. The number of nitrogens with zero attached hydrogens (tertiary/aromatic N) is 2. The highest BCUT2D eigenvalue weighted by atomic mass is 127. The molecule has 0 atom stereocenters. The summed E-state index contributed by atoms with van der Waals surface area (Å²) >= 11 is 0. The minimum Gasteiger partial charge on any atom is -0.491 e. The largest absolute Gasteiger partial charge is 0.491 e. The van der Waals surface area contributed by atoms with Crippen LogP contribution in [0.3, 0.4) is 0 Å². The summed E-state index contributed by atoms with van der Waals surface area (Å²) in [5.74, 6) is 1.78. The van der Waals surface area contributed by atoms with Crippen LogP contribution < -0.4 is 15.4 Å². The zero-order chi connectivity index (χ0) is 19.0. The number of rotatable bonds is 7. The fraction of sp³-hybridized carbons (Fsp3) is 0.650. The lowest BCUT2D eigenvalue weighted by atomic mass is 10.0. The van der Waals surface area contributed by atoms with Gasteiger partial charge in [-0.25, -0.2) is 0 Å². The molecule has 6 nitrogen and oxygen atoms in total. The average Bonchev–Trinajstić information content (AvgIpc) is 2.64. The summed E-state index contributed by atoms with van der Waals surface area (Å²) in [5.41, 5.74) is 2.38. The highest BCUT2D eigenvalue weighted by molar-refractivity contribution is 14.0. The molecule has 154 valence electrons. The number of nitrogens with one attached hydrogen (secondary N) is 2. The van der Waals surface area contributed by atoms with Crippen LogP contribution in [0, 0.1) is 13.8 Å². The zero-order valence-corrected chi connectivity index (χ0v) is 19.6. The van der Waals surface area contributed by atoms with Crippen LogP contribution in [0.2, 0.25) is 0 Å². The number of hydrogen-bond acceptors (Lipinski definition) is 4. The third-order valence-corrected chi connectivity index (χ3v) is 4.83. The maximum atomic E-state index is 5.94. The molecular weight excluding hydrogens is 455 g/mol. The topological polar surface area (TPSA) is 58.1 Å². The summed E-state index contributed by atoms with van der Waals surface area (Å²) in [6.45, 7) is 14.3. The third-order valence-electron chi connectivity index (χ3n) is 4.83. The van der Waals surface area contributed by atoms with Gasteiger partial charge in [0, 0.05) is 32.2 Å². The molecule has 1 aromatic carbocycles. The van der Waals surface area contributed by atoms with Crippen molar-refractivity contribution in [2.75, 3.05) is 53.0 Å². The van der Waals surface area contributed by atoms with Gasteiger partial charge in [0.2, 0.25) is 0 Å². The van der Waals surface area contributed by atoms with E-state index in [0.29, 0.717) is 13.2 Å². The van der Waals surface area contributed by atoms with Gasteiger partial charge in [-0.1, -0.05) is 18.2 Å². The Labute approximate surface area is 181 Å². The number of benzene rings is 1. The van der Waals surface area contributed by atoms with E-state index in [1.165, 1.54) is 11.1 Å². The molecule has 0 aliphatic carbocycles. The summed E-state index contributed by atoms with van der Waals surface area (Å²) in [4.78, 5) is 6.77. The van der Waals surface area contributed by atoms with Crippen molar-refractivity contribution in [2.24, 2.45) is 4.99 Å². The molecule has 0 saturated carbocycles. The Balaban J connectivity index is 0.00000364. The predicted molar refractivity (Wildman–Crippen MR) is 123 cm³/mol. The number of morpholine rings is 1. The second-order valence-corrected chi connectivity index (χ2v) is 7.33. The molecule has 1 heterocycles. The lowest BCUT2D eigenvalue weighted by Gasteiger charge is -2.41. The van der Waals surface area contributed by atoms with Crippen molar-refractivity contribution < 1.29 is 9.47 Å². The zero-order valence-electron chi connectivity index (χ0n) is 17.3.